The minimum atomic E-state index is -0.00697. The van der Waals surface area contributed by atoms with Gasteiger partial charge in [-0.3, -0.25) is 5.32 Å². The first kappa shape index (κ1) is 30.5. The molecule has 0 bridgehead atoms. The van der Waals surface area contributed by atoms with Crippen LogP contribution in [-0.4, -0.2) is 22.2 Å². The molecule has 7 unspecified atom stereocenters. The third-order valence-electron chi connectivity index (χ3n) is 11.4. The van der Waals surface area contributed by atoms with Crippen molar-refractivity contribution < 1.29 is 0 Å². The largest absolute Gasteiger partial charge is 0.387 e. The van der Waals surface area contributed by atoms with Crippen molar-refractivity contribution in [3.8, 4) is 11.1 Å². The minimum absolute atomic E-state index is 0.00697. The molecule has 5 aliphatic heterocycles. The molecule has 6 aromatic carbocycles. The molecule has 258 valence electrons. The van der Waals surface area contributed by atoms with Crippen molar-refractivity contribution in [1.29, 1.82) is 0 Å². The highest BCUT2D eigenvalue weighted by atomic mass is 15.9. The van der Waals surface area contributed by atoms with Gasteiger partial charge in [0, 0.05) is 23.2 Å². The van der Waals surface area contributed by atoms with Crippen LogP contribution < -0.4 is 26.2 Å². The second-order valence-electron chi connectivity index (χ2n) is 14.4. The first-order chi connectivity index (χ1) is 26.3. The lowest BCUT2D eigenvalue weighted by molar-refractivity contribution is 0.314. The van der Waals surface area contributed by atoms with E-state index in [1.165, 1.54) is 61.1 Å². The molecule has 7 nitrogen and oxygen atoms in total. The number of dihydropyridines is 1. The number of fused-ring (bicyclic) bond motifs is 7. The van der Waals surface area contributed by atoms with Crippen LogP contribution in [0.1, 0.15) is 46.3 Å². The van der Waals surface area contributed by atoms with Crippen molar-refractivity contribution in [2.45, 2.75) is 37.2 Å². The van der Waals surface area contributed by atoms with Gasteiger partial charge in [0.15, 0.2) is 0 Å². The number of hydrazine groups is 1. The SMILES string of the molecule is C1=CNC(C2Nc3c4c(c5ccccc5c3N2c2ccc(-c3ccc(C5NC(c6ccccc6)N6C(c7ccccc7)N56)cc3)cc2)C=CNC4)C=C1. The smallest absolute Gasteiger partial charge is 0.128 e. The fourth-order valence-corrected chi connectivity index (χ4v) is 8.92. The zero-order valence-corrected chi connectivity index (χ0v) is 29.1. The highest BCUT2D eigenvalue weighted by molar-refractivity contribution is 6.10. The summed E-state index contributed by atoms with van der Waals surface area (Å²) in [6, 6.07) is 48.7. The Balaban J connectivity index is 0.917. The van der Waals surface area contributed by atoms with E-state index >= 15 is 0 Å². The lowest BCUT2D eigenvalue weighted by Gasteiger charge is -2.33. The van der Waals surface area contributed by atoms with Crippen LogP contribution in [0.3, 0.4) is 0 Å². The molecule has 0 aliphatic carbocycles. The molecule has 7 heteroatoms. The number of benzene rings is 6. The highest BCUT2D eigenvalue weighted by Gasteiger charge is 2.60. The number of hydrogen-bond donors (Lipinski definition) is 4. The Bertz CT molecular complexity index is 2420. The molecular formula is C46H39N7. The van der Waals surface area contributed by atoms with Crippen LogP contribution in [0, 0.1) is 0 Å². The van der Waals surface area contributed by atoms with E-state index in [0.717, 1.165) is 12.2 Å². The van der Waals surface area contributed by atoms with E-state index in [1.54, 1.807) is 0 Å². The zero-order chi connectivity index (χ0) is 34.9. The molecule has 4 N–H and O–H groups in total. The van der Waals surface area contributed by atoms with Gasteiger partial charge >= 0.3 is 0 Å². The summed E-state index contributed by atoms with van der Waals surface area (Å²) in [6.07, 6.45) is 13.2. The average molecular weight is 690 g/mol. The monoisotopic (exact) mass is 689 g/mol. The van der Waals surface area contributed by atoms with E-state index in [4.69, 9.17) is 0 Å². The summed E-state index contributed by atoms with van der Waals surface area (Å²) >= 11 is 0. The van der Waals surface area contributed by atoms with Gasteiger partial charge in [0.1, 0.15) is 24.7 Å². The molecule has 0 amide bonds. The summed E-state index contributed by atoms with van der Waals surface area (Å²) in [5, 5.41) is 22.5. The summed E-state index contributed by atoms with van der Waals surface area (Å²) in [7, 11) is 0. The quantitative estimate of drug-likeness (QED) is 0.130. The second-order valence-corrected chi connectivity index (χ2v) is 14.4. The standard InChI is InChI=1S/C46H39N7/c1-3-11-32(12-4-1)43-50-44(53-46(52(43)53)34-13-5-2-6-14-34)33-20-18-30(19-21-33)31-22-24-35(25-23-31)51-42-38-16-8-7-15-36(38)37-26-28-47-29-39(37)41(42)49-45(51)40-17-9-10-27-48-40/h1-28,40,43-50H,29H2. The number of nitrogens with one attached hydrogen (secondary N) is 4. The molecule has 0 saturated carbocycles. The topological polar surface area (TPSA) is 57.4 Å². The highest BCUT2D eigenvalue weighted by Crippen LogP contribution is 2.57. The molecule has 6 aromatic rings. The summed E-state index contributed by atoms with van der Waals surface area (Å²) in [5.41, 5.74) is 12.5. The molecular weight excluding hydrogens is 651 g/mol. The van der Waals surface area contributed by atoms with Crippen LogP contribution >= 0.6 is 0 Å². The van der Waals surface area contributed by atoms with Gasteiger partial charge in [-0.05, 0) is 75.5 Å². The number of hydrogen-bond acceptors (Lipinski definition) is 7. The zero-order valence-electron chi connectivity index (χ0n) is 29.1. The average Bonchev–Trinajstić information content (AvgIpc) is 3.63. The van der Waals surface area contributed by atoms with Crippen LogP contribution in [0.4, 0.5) is 17.1 Å². The van der Waals surface area contributed by atoms with Crippen molar-refractivity contribution in [3.63, 3.8) is 0 Å². The molecule has 2 saturated heterocycles. The van der Waals surface area contributed by atoms with Crippen LogP contribution in [0.15, 0.2) is 164 Å². The number of anilines is 3. The number of rotatable bonds is 6. The molecule has 5 heterocycles. The van der Waals surface area contributed by atoms with Crippen molar-refractivity contribution in [3.05, 3.63) is 192 Å². The molecule has 5 aliphatic rings. The van der Waals surface area contributed by atoms with E-state index < -0.39 is 0 Å². The Labute approximate surface area is 309 Å². The summed E-state index contributed by atoms with van der Waals surface area (Å²) < 4.78 is 0. The third-order valence-corrected chi connectivity index (χ3v) is 11.4. The van der Waals surface area contributed by atoms with Crippen molar-refractivity contribution >= 4 is 33.9 Å². The van der Waals surface area contributed by atoms with Gasteiger partial charge in [-0.25, -0.2) is 0 Å². The molecule has 7 atom stereocenters. The predicted molar refractivity (Wildman–Crippen MR) is 214 cm³/mol. The number of allylic oxidation sites excluding steroid dienone is 2. The second kappa shape index (κ2) is 12.2. The van der Waals surface area contributed by atoms with Crippen molar-refractivity contribution in [1.82, 2.24) is 26.0 Å². The maximum absolute atomic E-state index is 3.98. The fraction of sp³-hybridized carbons (Fsp3) is 0.130. The van der Waals surface area contributed by atoms with E-state index in [-0.39, 0.29) is 30.7 Å². The van der Waals surface area contributed by atoms with Gasteiger partial charge in [0.2, 0.25) is 0 Å². The van der Waals surface area contributed by atoms with Gasteiger partial charge in [0.25, 0.3) is 0 Å². The first-order valence-electron chi connectivity index (χ1n) is 18.6. The summed E-state index contributed by atoms with van der Waals surface area (Å²) in [4.78, 5) is 2.50. The fourth-order valence-electron chi connectivity index (χ4n) is 8.92. The van der Waals surface area contributed by atoms with Crippen LogP contribution in [0.25, 0.3) is 28.0 Å². The van der Waals surface area contributed by atoms with E-state index in [0.29, 0.717) is 0 Å². The van der Waals surface area contributed by atoms with E-state index in [1.807, 2.05) is 6.20 Å². The third kappa shape index (κ3) is 4.93. The normalized spacial score (nSPS) is 26.0. The van der Waals surface area contributed by atoms with Crippen molar-refractivity contribution in [2.75, 3.05) is 10.2 Å². The lowest BCUT2D eigenvalue weighted by atomic mass is 9.93. The maximum Gasteiger partial charge on any atom is 0.128 e. The molecule has 0 spiro atoms. The van der Waals surface area contributed by atoms with E-state index in [9.17, 15) is 0 Å². The summed E-state index contributed by atoms with van der Waals surface area (Å²) in [5.74, 6) is 0. The van der Waals surface area contributed by atoms with Crippen molar-refractivity contribution in [2.24, 2.45) is 0 Å². The Morgan fingerprint density at radius 1 is 0.585 bits per heavy atom. The Hall–Kier alpha value is -6.12. The molecule has 53 heavy (non-hydrogen) atoms. The molecule has 2 fully saturated rings. The molecule has 0 radical (unpaired) electrons. The van der Waals surface area contributed by atoms with E-state index in [2.05, 4.69) is 200 Å². The van der Waals surface area contributed by atoms with Crippen LogP contribution in [0.5, 0.6) is 0 Å². The van der Waals surface area contributed by atoms with Gasteiger partial charge in [0.05, 0.1) is 17.4 Å². The molecule has 11 rings (SSSR count). The number of nitrogens with zero attached hydrogens (tertiary/aromatic N) is 3. The Morgan fingerprint density at radius 3 is 1.92 bits per heavy atom. The lowest BCUT2D eigenvalue weighted by Crippen LogP contribution is -2.48. The van der Waals surface area contributed by atoms with Gasteiger partial charge < -0.3 is 20.9 Å². The van der Waals surface area contributed by atoms with Gasteiger partial charge in [-0.1, -0.05) is 133 Å². The summed E-state index contributed by atoms with van der Waals surface area (Å²) in [6.45, 7) is 0.793. The van der Waals surface area contributed by atoms with Crippen LogP contribution in [0.2, 0.25) is 0 Å². The Kier molecular flexibility index (Phi) is 7.05. The van der Waals surface area contributed by atoms with Gasteiger partial charge in [-0.15, -0.1) is 0 Å². The molecule has 0 aromatic heterocycles. The predicted octanol–water partition coefficient (Wildman–Crippen LogP) is 9.04. The van der Waals surface area contributed by atoms with Crippen LogP contribution in [-0.2, 0) is 6.54 Å². The first-order valence-corrected chi connectivity index (χ1v) is 18.6. The van der Waals surface area contributed by atoms with Gasteiger partial charge in [-0.2, -0.15) is 10.0 Å². The minimum Gasteiger partial charge on any atom is -0.387 e. The Morgan fingerprint density at radius 2 is 1.23 bits per heavy atom. The maximum atomic E-state index is 3.98.